The van der Waals surface area contributed by atoms with Gasteiger partial charge in [-0.3, -0.25) is 4.99 Å². The lowest BCUT2D eigenvalue weighted by Crippen LogP contribution is -2.36. The molecule has 0 spiro atoms. The first-order chi connectivity index (χ1) is 6.90. The van der Waals surface area contributed by atoms with Crippen LogP contribution in [0, 0.1) is 0 Å². The summed E-state index contributed by atoms with van der Waals surface area (Å²) in [6, 6.07) is 8.13. The molecular weight excluding hydrogens is 176 g/mol. The third kappa shape index (κ3) is 1.93. The van der Waals surface area contributed by atoms with Gasteiger partial charge in [0.25, 0.3) is 0 Å². The van der Waals surface area contributed by atoms with Gasteiger partial charge in [0.05, 0.1) is 18.9 Å². The largest absolute Gasteiger partial charge is 0.378 e. The van der Waals surface area contributed by atoms with Crippen molar-refractivity contribution in [1.29, 1.82) is 0 Å². The van der Waals surface area contributed by atoms with Crippen LogP contribution < -0.4 is 4.90 Å². The third-order valence-electron chi connectivity index (χ3n) is 2.41. The Morgan fingerprint density at radius 1 is 1.14 bits per heavy atom. The van der Waals surface area contributed by atoms with E-state index in [0.29, 0.717) is 0 Å². The van der Waals surface area contributed by atoms with Crippen LogP contribution in [-0.4, -0.2) is 33.0 Å². The van der Waals surface area contributed by atoms with E-state index in [1.807, 2.05) is 12.1 Å². The van der Waals surface area contributed by atoms with Gasteiger partial charge in [-0.2, -0.15) is 0 Å². The molecule has 1 aliphatic rings. The zero-order valence-electron chi connectivity index (χ0n) is 8.15. The van der Waals surface area contributed by atoms with Crippen molar-refractivity contribution in [3.63, 3.8) is 0 Å². The first kappa shape index (κ1) is 9.21. The van der Waals surface area contributed by atoms with Crippen LogP contribution in [0.25, 0.3) is 0 Å². The lowest BCUT2D eigenvalue weighted by molar-refractivity contribution is 0.122. The lowest BCUT2D eigenvalue weighted by atomic mass is 10.2. The molecule has 14 heavy (non-hydrogen) atoms. The summed E-state index contributed by atoms with van der Waals surface area (Å²) in [5, 5.41) is 0. The number of hydrogen-bond acceptors (Lipinski definition) is 3. The molecule has 0 unspecified atom stereocenters. The monoisotopic (exact) mass is 190 g/mol. The highest BCUT2D eigenvalue weighted by Gasteiger charge is 2.10. The van der Waals surface area contributed by atoms with Crippen molar-refractivity contribution in [2.24, 2.45) is 4.99 Å². The first-order valence-corrected chi connectivity index (χ1v) is 4.79. The molecule has 74 valence electrons. The van der Waals surface area contributed by atoms with Crippen molar-refractivity contribution < 1.29 is 4.74 Å². The molecule has 1 fully saturated rings. The second-order valence-electron chi connectivity index (χ2n) is 3.27. The quantitative estimate of drug-likeness (QED) is 0.665. The molecule has 0 aliphatic carbocycles. The van der Waals surface area contributed by atoms with Gasteiger partial charge in [0, 0.05) is 18.8 Å². The van der Waals surface area contributed by atoms with E-state index in [1.54, 1.807) is 0 Å². The van der Waals surface area contributed by atoms with E-state index < -0.39 is 0 Å². The average molecular weight is 190 g/mol. The van der Waals surface area contributed by atoms with Gasteiger partial charge in [-0.15, -0.1) is 0 Å². The zero-order valence-corrected chi connectivity index (χ0v) is 8.15. The highest BCUT2D eigenvalue weighted by Crippen LogP contribution is 2.19. The Labute approximate surface area is 84.0 Å². The van der Waals surface area contributed by atoms with E-state index in [-0.39, 0.29) is 0 Å². The molecule has 1 aliphatic heterocycles. The van der Waals surface area contributed by atoms with Crippen molar-refractivity contribution >= 4 is 18.1 Å². The number of morpholine rings is 1. The summed E-state index contributed by atoms with van der Waals surface area (Å²) in [7, 11) is 0. The van der Waals surface area contributed by atoms with Gasteiger partial charge >= 0.3 is 0 Å². The smallest absolute Gasteiger partial charge is 0.0642 e. The maximum Gasteiger partial charge on any atom is 0.0642 e. The van der Waals surface area contributed by atoms with Crippen LogP contribution in [0.1, 0.15) is 0 Å². The Morgan fingerprint density at radius 2 is 1.79 bits per heavy atom. The van der Waals surface area contributed by atoms with E-state index in [0.717, 1.165) is 32.0 Å². The normalized spacial score (nSPS) is 16.7. The van der Waals surface area contributed by atoms with Crippen LogP contribution in [0.15, 0.2) is 29.3 Å². The van der Waals surface area contributed by atoms with E-state index in [4.69, 9.17) is 4.74 Å². The van der Waals surface area contributed by atoms with E-state index in [1.165, 1.54) is 5.69 Å². The summed E-state index contributed by atoms with van der Waals surface area (Å²) in [6.07, 6.45) is 0. The summed E-state index contributed by atoms with van der Waals surface area (Å²) in [6.45, 7) is 7.08. The minimum atomic E-state index is 0.821. The Morgan fingerprint density at radius 3 is 2.36 bits per heavy atom. The van der Waals surface area contributed by atoms with Gasteiger partial charge in [0.15, 0.2) is 0 Å². The van der Waals surface area contributed by atoms with Crippen molar-refractivity contribution in [2.45, 2.75) is 0 Å². The van der Waals surface area contributed by atoms with E-state index in [2.05, 4.69) is 28.7 Å². The molecule has 0 amide bonds. The molecule has 1 saturated heterocycles. The fraction of sp³-hybridized carbons (Fsp3) is 0.364. The average Bonchev–Trinajstić information content (AvgIpc) is 2.30. The van der Waals surface area contributed by atoms with Gasteiger partial charge in [0.2, 0.25) is 0 Å². The van der Waals surface area contributed by atoms with Crippen LogP contribution in [0.5, 0.6) is 0 Å². The van der Waals surface area contributed by atoms with Gasteiger partial charge in [-0.05, 0) is 31.0 Å². The Hall–Kier alpha value is -1.35. The molecule has 0 atom stereocenters. The lowest BCUT2D eigenvalue weighted by Gasteiger charge is -2.28. The number of rotatable bonds is 2. The molecule has 3 nitrogen and oxygen atoms in total. The number of anilines is 1. The van der Waals surface area contributed by atoms with Gasteiger partial charge < -0.3 is 9.64 Å². The highest BCUT2D eigenvalue weighted by atomic mass is 16.5. The van der Waals surface area contributed by atoms with Crippen LogP contribution in [0.3, 0.4) is 0 Å². The number of nitrogens with zero attached hydrogens (tertiary/aromatic N) is 2. The number of hydrogen-bond donors (Lipinski definition) is 0. The molecule has 0 N–H and O–H groups in total. The molecule has 1 aromatic rings. The molecule has 0 saturated carbocycles. The molecule has 0 aromatic heterocycles. The number of benzene rings is 1. The summed E-state index contributed by atoms with van der Waals surface area (Å²) in [5.41, 5.74) is 2.16. The summed E-state index contributed by atoms with van der Waals surface area (Å²) < 4.78 is 5.30. The highest BCUT2D eigenvalue weighted by molar-refractivity contribution is 5.55. The maximum absolute atomic E-state index is 5.30. The number of aliphatic imine (C=N–C) groups is 1. The Balaban J connectivity index is 2.11. The third-order valence-corrected chi connectivity index (χ3v) is 2.41. The van der Waals surface area contributed by atoms with Gasteiger partial charge in [-0.25, -0.2) is 0 Å². The molecule has 0 bridgehead atoms. The fourth-order valence-electron chi connectivity index (χ4n) is 1.59. The Kier molecular flexibility index (Phi) is 2.79. The zero-order chi connectivity index (χ0) is 9.80. The molecule has 1 heterocycles. The van der Waals surface area contributed by atoms with Crippen LogP contribution in [0.4, 0.5) is 11.4 Å². The topological polar surface area (TPSA) is 24.8 Å². The summed E-state index contributed by atoms with van der Waals surface area (Å²) in [4.78, 5) is 6.18. The second kappa shape index (κ2) is 4.24. The molecular formula is C11H14N2O. The van der Waals surface area contributed by atoms with Gasteiger partial charge in [0.1, 0.15) is 0 Å². The molecule has 3 heteroatoms. The standard InChI is InChI=1S/C11H14N2O/c1-12-10-2-4-11(5-3-10)13-6-8-14-9-7-13/h2-5H,1,6-9H2. The Bertz CT molecular complexity index is 302. The second-order valence-corrected chi connectivity index (χ2v) is 3.27. The predicted molar refractivity (Wildman–Crippen MR) is 58.7 cm³/mol. The SMILES string of the molecule is C=Nc1ccc(N2CCOCC2)cc1. The summed E-state index contributed by atoms with van der Waals surface area (Å²) in [5.74, 6) is 0. The van der Waals surface area contributed by atoms with Crippen LogP contribution >= 0.6 is 0 Å². The van der Waals surface area contributed by atoms with E-state index >= 15 is 0 Å². The molecule has 1 aromatic carbocycles. The van der Waals surface area contributed by atoms with Crippen LogP contribution in [-0.2, 0) is 4.74 Å². The first-order valence-electron chi connectivity index (χ1n) is 4.79. The minimum absolute atomic E-state index is 0.821. The van der Waals surface area contributed by atoms with Gasteiger partial charge in [-0.1, -0.05) is 0 Å². The maximum atomic E-state index is 5.30. The van der Waals surface area contributed by atoms with Crippen molar-refractivity contribution in [3.8, 4) is 0 Å². The van der Waals surface area contributed by atoms with Crippen molar-refractivity contribution in [2.75, 3.05) is 31.2 Å². The van der Waals surface area contributed by atoms with Crippen molar-refractivity contribution in [3.05, 3.63) is 24.3 Å². The molecule has 2 rings (SSSR count). The number of ether oxygens (including phenoxy) is 1. The predicted octanol–water partition coefficient (Wildman–Crippen LogP) is 1.86. The van der Waals surface area contributed by atoms with E-state index in [9.17, 15) is 0 Å². The fourth-order valence-corrected chi connectivity index (χ4v) is 1.59. The minimum Gasteiger partial charge on any atom is -0.378 e. The van der Waals surface area contributed by atoms with Crippen LogP contribution in [0.2, 0.25) is 0 Å². The summed E-state index contributed by atoms with van der Waals surface area (Å²) >= 11 is 0. The van der Waals surface area contributed by atoms with Crippen molar-refractivity contribution in [1.82, 2.24) is 0 Å². The molecule has 0 radical (unpaired) electrons.